The van der Waals surface area contributed by atoms with Gasteiger partial charge in [0.05, 0.1) is 10.9 Å². The van der Waals surface area contributed by atoms with Crippen LogP contribution < -0.4 is 10.6 Å². The maximum atomic E-state index is 12.5. The number of aryl methyl sites for hydroxylation is 1. The summed E-state index contributed by atoms with van der Waals surface area (Å²) in [6.45, 7) is 11.8. The van der Waals surface area contributed by atoms with Gasteiger partial charge in [0.25, 0.3) is 0 Å². The second-order valence-corrected chi connectivity index (χ2v) is 6.99. The number of carbonyl (C=O) groups excluding carboxylic acids is 1. The predicted octanol–water partition coefficient (Wildman–Crippen LogP) is 4.36. The first-order valence-electron chi connectivity index (χ1n) is 8.43. The number of amides is 2. The van der Waals surface area contributed by atoms with Crippen LogP contribution in [0.2, 0.25) is 0 Å². The number of anilines is 1. The molecule has 0 unspecified atom stereocenters. The van der Waals surface area contributed by atoms with E-state index in [-0.39, 0.29) is 6.03 Å². The van der Waals surface area contributed by atoms with Crippen molar-refractivity contribution in [2.24, 2.45) is 0 Å². The first kappa shape index (κ1) is 17.7. The molecule has 0 saturated carbocycles. The number of aromatic amines is 1. The Hall–Kier alpha value is -3.15. The van der Waals surface area contributed by atoms with Crippen LogP contribution in [0.15, 0.2) is 43.0 Å². The Balaban J connectivity index is 1.77. The summed E-state index contributed by atoms with van der Waals surface area (Å²) in [6, 6.07) is 11.4. The minimum atomic E-state index is -0.559. The van der Waals surface area contributed by atoms with Gasteiger partial charge in [-0.15, -0.1) is 0 Å². The maximum absolute atomic E-state index is 12.5. The van der Waals surface area contributed by atoms with Crippen molar-refractivity contribution in [3.63, 3.8) is 0 Å². The molecule has 0 aliphatic rings. The zero-order chi connectivity index (χ0) is 18.9. The molecule has 0 atom stereocenters. The fraction of sp³-hybridized carbons (Fsp3) is 0.250. The molecule has 0 aliphatic heterocycles. The Morgan fingerprint density at radius 2 is 2.00 bits per heavy atom. The van der Waals surface area contributed by atoms with Crippen molar-refractivity contribution in [1.82, 2.24) is 20.5 Å². The lowest BCUT2D eigenvalue weighted by atomic mass is 9.92. The lowest BCUT2D eigenvalue weighted by molar-refractivity contribution is 0.242. The van der Waals surface area contributed by atoms with Gasteiger partial charge in [-0.2, -0.15) is 5.10 Å². The largest absolute Gasteiger partial charge is 0.329 e. The van der Waals surface area contributed by atoms with Crippen LogP contribution in [0.5, 0.6) is 0 Å². The van der Waals surface area contributed by atoms with Crippen molar-refractivity contribution in [2.45, 2.75) is 33.2 Å². The number of allylic oxidation sites excluding steroid dienone is 1. The number of pyridine rings is 1. The van der Waals surface area contributed by atoms with Crippen molar-refractivity contribution < 1.29 is 4.79 Å². The molecular weight excluding hydrogens is 326 g/mol. The summed E-state index contributed by atoms with van der Waals surface area (Å²) < 4.78 is 0. The quantitative estimate of drug-likeness (QED) is 0.654. The van der Waals surface area contributed by atoms with Gasteiger partial charge in [-0.25, -0.2) is 9.78 Å². The van der Waals surface area contributed by atoms with Gasteiger partial charge in [-0.3, -0.25) is 10.4 Å². The van der Waals surface area contributed by atoms with Gasteiger partial charge >= 0.3 is 6.03 Å². The monoisotopic (exact) mass is 349 g/mol. The molecule has 0 radical (unpaired) electrons. The zero-order valence-corrected chi connectivity index (χ0v) is 15.5. The van der Waals surface area contributed by atoms with Gasteiger partial charge in [0.1, 0.15) is 0 Å². The van der Waals surface area contributed by atoms with Crippen LogP contribution in [0, 0.1) is 6.92 Å². The molecule has 2 aromatic heterocycles. The zero-order valence-electron chi connectivity index (χ0n) is 15.5. The maximum Gasteiger partial charge on any atom is 0.321 e. The van der Waals surface area contributed by atoms with Crippen LogP contribution in [-0.2, 0) is 5.54 Å². The molecule has 6 heteroatoms. The lowest BCUT2D eigenvalue weighted by Crippen LogP contribution is -2.43. The third-order valence-corrected chi connectivity index (χ3v) is 4.30. The summed E-state index contributed by atoms with van der Waals surface area (Å²) >= 11 is 0. The van der Waals surface area contributed by atoms with Gasteiger partial charge in [0.15, 0.2) is 11.5 Å². The van der Waals surface area contributed by atoms with Crippen molar-refractivity contribution in [3.05, 3.63) is 59.8 Å². The van der Waals surface area contributed by atoms with E-state index in [1.807, 2.05) is 64.1 Å². The fourth-order valence-corrected chi connectivity index (χ4v) is 2.77. The van der Waals surface area contributed by atoms with E-state index in [4.69, 9.17) is 0 Å². The molecule has 6 nitrogen and oxygen atoms in total. The third-order valence-electron chi connectivity index (χ3n) is 4.30. The standard InChI is InChI=1S/C20H23N5O/c1-12(2)14-7-6-8-15(11-14)20(4,5)23-19(26)22-18-16-10-9-13(3)21-17(16)24-25-18/h6-11H,1H2,2-5H3,(H3,21,22,23,24,25,26). The van der Waals surface area contributed by atoms with Crippen LogP contribution in [0.25, 0.3) is 16.6 Å². The molecular formula is C20H23N5O. The molecule has 0 aliphatic carbocycles. The molecule has 26 heavy (non-hydrogen) atoms. The normalized spacial score (nSPS) is 11.4. The Kier molecular flexibility index (Phi) is 4.50. The number of hydrogen-bond acceptors (Lipinski definition) is 3. The summed E-state index contributed by atoms with van der Waals surface area (Å²) in [5.74, 6) is 0.455. The molecule has 3 rings (SSSR count). The number of urea groups is 1. The highest BCUT2D eigenvalue weighted by Gasteiger charge is 2.24. The molecule has 2 amide bonds. The van der Waals surface area contributed by atoms with Crippen molar-refractivity contribution in [3.8, 4) is 0 Å². The second-order valence-electron chi connectivity index (χ2n) is 6.99. The highest BCUT2D eigenvalue weighted by atomic mass is 16.2. The first-order valence-corrected chi connectivity index (χ1v) is 8.43. The number of fused-ring (bicyclic) bond motifs is 1. The highest BCUT2D eigenvalue weighted by Crippen LogP contribution is 2.24. The summed E-state index contributed by atoms with van der Waals surface area (Å²) in [5, 5.41) is 13.5. The van der Waals surface area contributed by atoms with Crippen LogP contribution in [0.4, 0.5) is 10.6 Å². The molecule has 2 heterocycles. The molecule has 0 spiro atoms. The average molecular weight is 349 g/mol. The van der Waals surface area contributed by atoms with Crippen molar-refractivity contribution in [1.29, 1.82) is 0 Å². The number of nitrogens with one attached hydrogen (secondary N) is 3. The molecule has 3 N–H and O–H groups in total. The third kappa shape index (κ3) is 3.59. The number of hydrogen-bond donors (Lipinski definition) is 3. The molecule has 1 aromatic carbocycles. The van der Waals surface area contributed by atoms with E-state index in [1.54, 1.807) is 0 Å². The summed E-state index contributed by atoms with van der Waals surface area (Å²) in [5.41, 5.74) is 4.01. The van der Waals surface area contributed by atoms with E-state index < -0.39 is 5.54 Å². The number of rotatable bonds is 4. The van der Waals surface area contributed by atoms with Crippen LogP contribution >= 0.6 is 0 Å². The molecule has 0 fully saturated rings. The molecule has 0 saturated heterocycles. The molecule has 0 bridgehead atoms. The molecule has 134 valence electrons. The van der Waals surface area contributed by atoms with Crippen LogP contribution in [0.3, 0.4) is 0 Å². The Morgan fingerprint density at radius 3 is 2.73 bits per heavy atom. The van der Waals surface area contributed by atoms with Gasteiger partial charge < -0.3 is 5.32 Å². The summed E-state index contributed by atoms with van der Waals surface area (Å²) in [4.78, 5) is 16.9. The van der Waals surface area contributed by atoms with Gasteiger partial charge in [0.2, 0.25) is 0 Å². The van der Waals surface area contributed by atoms with E-state index in [9.17, 15) is 4.79 Å². The number of carbonyl (C=O) groups is 1. The lowest BCUT2D eigenvalue weighted by Gasteiger charge is -2.27. The van der Waals surface area contributed by atoms with Crippen molar-refractivity contribution in [2.75, 3.05) is 5.32 Å². The van der Waals surface area contributed by atoms with E-state index >= 15 is 0 Å². The smallest absolute Gasteiger partial charge is 0.321 e. The minimum Gasteiger partial charge on any atom is -0.329 e. The Morgan fingerprint density at radius 1 is 1.23 bits per heavy atom. The number of H-pyrrole nitrogens is 1. The van der Waals surface area contributed by atoms with E-state index in [2.05, 4.69) is 32.4 Å². The molecule has 3 aromatic rings. The number of benzene rings is 1. The van der Waals surface area contributed by atoms with Gasteiger partial charge in [0, 0.05) is 5.69 Å². The van der Waals surface area contributed by atoms with Gasteiger partial charge in [-0.1, -0.05) is 30.4 Å². The van der Waals surface area contributed by atoms with Gasteiger partial charge in [-0.05, 0) is 57.0 Å². The van der Waals surface area contributed by atoms with Crippen molar-refractivity contribution >= 4 is 28.5 Å². The minimum absolute atomic E-state index is 0.329. The predicted molar refractivity (Wildman–Crippen MR) is 105 cm³/mol. The average Bonchev–Trinajstić information content (AvgIpc) is 2.96. The van der Waals surface area contributed by atoms with Crippen LogP contribution in [-0.4, -0.2) is 21.2 Å². The topological polar surface area (TPSA) is 82.7 Å². The Labute approximate surface area is 152 Å². The summed E-state index contributed by atoms with van der Waals surface area (Å²) in [6.07, 6.45) is 0. The summed E-state index contributed by atoms with van der Waals surface area (Å²) in [7, 11) is 0. The first-order chi connectivity index (χ1) is 12.3. The highest BCUT2D eigenvalue weighted by molar-refractivity contribution is 5.98. The Bertz CT molecular complexity index is 987. The van der Waals surface area contributed by atoms with Crippen LogP contribution in [0.1, 0.15) is 37.6 Å². The van der Waals surface area contributed by atoms with E-state index in [1.165, 1.54) is 0 Å². The number of nitrogens with zero attached hydrogens (tertiary/aromatic N) is 2. The SMILES string of the molecule is C=C(C)c1cccc(C(C)(C)NC(=O)Nc2n[nH]c3nc(C)ccc23)c1. The second kappa shape index (κ2) is 6.63. The number of aromatic nitrogens is 3. The van der Waals surface area contributed by atoms with E-state index in [0.717, 1.165) is 27.8 Å². The van der Waals surface area contributed by atoms with E-state index in [0.29, 0.717) is 11.5 Å². The fourth-order valence-electron chi connectivity index (χ4n) is 2.77.